The highest BCUT2D eigenvalue weighted by Crippen LogP contribution is 2.38. The van der Waals surface area contributed by atoms with Crippen LogP contribution in [0.2, 0.25) is 0 Å². The first-order chi connectivity index (χ1) is 8.47. The summed E-state index contributed by atoms with van der Waals surface area (Å²) in [5.74, 6) is 1.26. The number of rotatable bonds is 2. The molecule has 3 nitrogen and oxygen atoms in total. The molecule has 4 heteroatoms. The maximum atomic E-state index is 12.3. The second-order valence-electron chi connectivity index (χ2n) is 5.83. The molecule has 98 valence electrons. The molecule has 1 unspecified atom stereocenters. The molecule has 1 atom stereocenters. The zero-order chi connectivity index (χ0) is 13.2. The van der Waals surface area contributed by atoms with Gasteiger partial charge in [0.2, 0.25) is 5.91 Å². The van der Waals surface area contributed by atoms with Crippen molar-refractivity contribution >= 4 is 17.7 Å². The van der Waals surface area contributed by atoms with Crippen LogP contribution >= 0.6 is 11.8 Å². The smallest absolute Gasteiger partial charge is 0.224 e. The number of thioether (sulfide) groups is 1. The lowest BCUT2D eigenvalue weighted by Crippen LogP contribution is -2.33. The van der Waals surface area contributed by atoms with Crippen molar-refractivity contribution < 1.29 is 4.79 Å². The minimum Gasteiger partial charge on any atom is -0.326 e. The fourth-order valence-corrected chi connectivity index (χ4v) is 3.34. The average Bonchev–Trinajstić information content (AvgIpc) is 2.76. The molecule has 1 fully saturated rings. The summed E-state index contributed by atoms with van der Waals surface area (Å²) >= 11 is 1.82. The molecule has 0 spiro atoms. The van der Waals surface area contributed by atoms with E-state index in [9.17, 15) is 4.79 Å². The van der Waals surface area contributed by atoms with Gasteiger partial charge in [0, 0.05) is 36.7 Å². The van der Waals surface area contributed by atoms with Gasteiger partial charge in [0.1, 0.15) is 5.37 Å². The molecule has 1 aromatic heterocycles. The summed E-state index contributed by atoms with van der Waals surface area (Å²) in [6.45, 7) is 7.16. The molecule has 2 rings (SSSR count). The zero-order valence-corrected chi connectivity index (χ0v) is 12.0. The Morgan fingerprint density at radius 1 is 1.56 bits per heavy atom. The van der Waals surface area contributed by atoms with Crippen LogP contribution in [-0.2, 0) is 4.79 Å². The monoisotopic (exact) mass is 264 g/mol. The van der Waals surface area contributed by atoms with Gasteiger partial charge in [-0.1, -0.05) is 26.8 Å². The highest BCUT2D eigenvalue weighted by molar-refractivity contribution is 7.99. The lowest BCUT2D eigenvalue weighted by molar-refractivity contribution is -0.133. The third kappa shape index (κ3) is 3.25. The Morgan fingerprint density at radius 3 is 2.94 bits per heavy atom. The Balaban J connectivity index is 2.11. The van der Waals surface area contributed by atoms with Gasteiger partial charge in [0.05, 0.1) is 0 Å². The van der Waals surface area contributed by atoms with Gasteiger partial charge >= 0.3 is 0 Å². The minimum absolute atomic E-state index is 0.0455. The topological polar surface area (TPSA) is 33.2 Å². The van der Waals surface area contributed by atoms with E-state index in [1.165, 1.54) is 0 Å². The van der Waals surface area contributed by atoms with Crippen molar-refractivity contribution in [2.24, 2.45) is 5.41 Å². The van der Waals surface area contributed by atoms with Gasteiger partial charge in [0.25, 0.3) is 0 Å². The summed E-state index contributed by atoms with van der Waals surface area (Å²) in [7, 11) is 0. The van der Waals surface area contributed by atoms with Crippen LogP contribution in [0.15, 0.2) is 24.5 Å². The molecule has 0 saturated carbocycles. The summed E-state index contributed by atoms with van der Waals surface area (Å²) in [6, 6.07) is 3.98. The predicted molar refractivity (Wildman–Crippen MR) is 75.2 cm³/mol. The summed E-state index contributed by atoms with van der Waals surface area (Å²) in [5, 5.41) is 0.147. The van der Waals surface area contributed by atoms with E-state index in [0.717, 1.165) is 17.9 Å². The maximum absolute atomic E-state index is 12.3. The SMILES string of the molecule is CC(C)(C)CC(=O)N1CCSC1c1cccnc1. The van der Waals surface area contributed by atoms with Crippen molar-refractivity contribution in [2.75, 3.05) is 12.3 Å². The van der Waals surface area contributed by atoms with Crippen LogP contribution < -0.4 is 0 Å². The summed E-state index contributed by atoms with van der Waals surface area (Å²) < 4.78 is 0. The second kappa shape index (κ2) is 5.31. The fourth-order valence-electron chi connectivity index (χ4n) is 2.08. The zero-order valence-electron chi connectivity index (χ0n) is 11.2. The Kier molecular flexibility index (Phi) is 3.95. The Labute approximate surface area is 113 Å². The second-order valence-corrected chi connectivity index (χ2v) is 7.02. The van der Waals surface area contributed by atoms with E-state index in [-0.39, 0.29) is 16.7 Å². The first-order valence-electron chi connectivity index (χ1n) is 6.28. The van der Waals surface area contributed by atoms with Crippen molar-refractivity contribution in [2.45, 2.75) is 32.6 Å². The fraction of sp³-hybridized carbons (Fsp3) is 0.571. The minimum atomic E-state index is 0.0455. The summed E-state index contributed by atoms with van der Waals surface area (Å²) in [5.41, 5.74) is 1.17. The van der Waals surface area contributed by atoms with Gasteiger partial charge in [-0.25, -0.2) is 0 Å². The van der Waals surface area contributed by atoms with Crippen LogP contribution in [-0.4, -0.2) is 28.1 Å². The van der Waals surface area contributed by atoms with Crippen LogP contribution in [0.25, 0.3) is 0 Å². The van der Waals surface area contributed by atoms with Gasteiger partial charge in [0.15, 0.2) is 0 Å². The van der Waals surface area contributed by atoms with Crippen LogP contribution in [0.1, 0.15) is 38.1 Å². The molecule has 0 bridgehead atoms. The van der Waals surface area contributed by atoms with Gasteiger partial charge in [-0.3, -0.25) is 9.78 Å². The predicted octanol–water partition coefficient (Wildman–Crippen LogP) is 3.09. The number of carbonyl (C=O) groups is 1. The molecule has 0 aromatic carbocycles. The molecule has 2 heterocycles. The average molecular weight is 264 g/mol. The number of amides is 1. The standard InChI is InChI=1S/C14H20N2OS/c1-14(2,3)9-12(17)16-7-8-18-13(16)11-5-4-6-15-10-11/h4-6,10,13H,7-9H2,1-3H3. The van der Waals surface area contributed by atoms with Crippen molar-refractivity contribution in [3.05, 3.63) is 30.1 Å². The lowest BCUT2D eigenvalue weighted by Gasteiger charge is -2.27. The van der Waals surface area contributed by atoms with Crippen molar-refractivity contribution in [3.63, 3.8) is 0 Å². The molecule has 0 N–H and O–H groups in total. The Morgan fingerprint density at radius 2 is 2.33 bits per heavy atom. The number of pyridine rings is 1. The van der Waals surface area contributed by atoms with E-state index in [1.807, 2.05) is 35.0 Å². The largest absolute Gasteiger partial charge is 0.326 e. The molecule has 1 aliphatic heterocycles. The van der Waals surface area contributed by atoms with Gasteiger partial charge in [-0.15, -0.1) is 11.8 Å². The maximum Gasteiger partial charge on any atom is 0.224 e. The molecular weight excluding hydrogens is 244 g/mol. The first-order valence-corrected chi connectivity index (χ1v) is 7.33. The van der Waals surface area contributed by atoms with Gasteiger partial charge < -0.3 is 4.90 Å². The number of hydrogen-bond donors (Lipinski definition) is 0. The lowest BCUT2D eigenvalue weighted by atomic mass is 9.91. The Bertz CT molecular complexity index is 414. The quantitative estimate of drug-likeness (QED) is 0.823. The van der Waals surface area contributed by atoms with Crippen molar-refractivity contribution in [1.29, 1.82) is 0 Å². The van der Waals surface area contributed by atoms with Gasteiger partial charge in [-0.05, 0) is 11.5 Å². The van der Waals surface area contributed by atoms with Crippen LogP contribution in [0, 0.1) is 5.41 Å². The number of nitrogens with zero attached hydrogens (tertiary/aromatic N) is 2. The Hall–Kier alpha value is -1.03. The highest BCUT2D eigenvalue weighted by Gasteiger charge is 2.32. The molecule has 1 amide bonds. The molecule has 18 heavy (non-hydrogen) atoms. The van der Waals surface area contributed by atoms with Crippen molar-refractivity contribution in [1.82, 2.24) is 9.88 Å². The van der Waals surface area contributed by atoms with E-state index in [2.05, 4.69) is 25.8 Å². The number of aromatic nitrogens is 1. The van der Waals surface area contributed by atoms with E-state index < -0.39 is 0 Å². The molecular formula is C14H20N2OS. The molecule has 1 aliphatic rings. The van der Waals surface area contributed by atoms with Crippen LogP contribution in [0.5, 0.6) is 0 Å². The molecule has 1 saturated heterocycles. The molecule has 0 aliphatic carbocycles. The number of carbonyl (C=O) groups excluding carboxylic acids is 1. The van der Waals surface area contributed by atoms with Crippen LogP contribution in [0.3, 0.4) is 0 Å². The third-order valence-corrected chi connectivity index (χ3v) is 4.12. The van der Waals surface area contributed by atoms with Crippen molar-refractivity contribution in [3.8, 4) is 0 Å². The van der Waals surface area contributed by atoms with Crippen LogP contribution in [0.4, 0.5) is 0 Å². The van der Waals surface area contributed by atoms with E-state index in [0.29, 0.717) is 6.42 Å². The molecule has 0 radical (unpaired) electrons. The number of hydrogen-bond acceptors (Lipinski definition) is 3. The molecule has 1 aromatic rings. The highest BCUT2D eigenvalue weighted by atomic mass is 32.2. The normalized spacial score (nSPS) is 20.2. The van der Waals surface area contributed by atoms with E-state index in [1.54, 1.807) is 6.20 Å². The third-order valence-electron chi connectivity index (χ3n) is 2.86. The first kappa shape index (κ1) is 13.4. The summed E-state index contributed by atoms with van der Waals surface area (Å²) in [6.07, 6.45) is 4.23. The summed E-state index contributed by atoms with van der Waals surface area (Å²) in [4.78, 5) is 18.5. The van der Waals surface area contributed by atoms with E-state index >= 15 is 0 Å². The van der Waals surface area contributed by atoms with E-state index in [4.69, 9.17) is 0 Å². The van der Waals surface area contributed by atoms with Gasteiger partial charge in [-0.2, -0.15) is 0 Å².